The Bertz CT molecular complexity index is 431. The summed E-state index contributed by atoms with van der Waals surface area (Å²) in [6.07, 6.45) is 0. The predicted molar refractivity (Wildman–Crippen MR) is 67.2 cm³/mol. The quantitative estimate of drug-likeness (QED) is 0.581. The van der Waals surface area contributed by atoms with E-state index in [4.69, 9.17) is 5.11 Å². The fourth-order valence-electron chi connectivity index (χ4n) is 1.03. The minimum absolute atomic E-state index is 0.194. The molecule has 5 nitrogen and oxygen atoms in total. The van der Waals surface area contributed by atoms with Gasteiger partial charge in [-0.2, -0.15) is 0 Å². The molecule has 16 heavy (non-hydrogen) atoms. The molecule has 0 radical (unpaired) electrons. The molecule has 1 amide bonds. The molecule has 0 aliphatic rings. The molecule has 1 unspecified atom stereocenters. The number of halogens is 1. The third-order valence-corrected chi connectivity index (χ3v) is 2.42. The van der Waals surface area contributed by atoms with Crippen LogP contribution in [-0.2, 0) is 4.79 Å². The van der Waals surface area contributed by atoms with Crippen LogP contribution in [-0.4, -0.2) is 26.0 Å². The van der Waals surface area contributed by atoms with E-state index in [1.807, 2.05) is 22.6 Å². The summed E-state index contributed by atoms with van der Waals surface area (Å²) >= 11 is 1.95. The SMILES string of the molecule is CC(I)C(=O)Nc1ccc(C(=O)O)c(O)c1. The molecule has 1 rings (SSSR count). The van der Waals surface area contributed by atoms with Crippen molar-refractivity contribution >= 4 is 40.2 Å². The van der Waals surface area contributed by atoms with Crippen LogP contribution in [0.2, 0.25) is 0 Å². The standard InChI is InChI=1S/C10H10INO4/c1-5(11)9(14)12-6-2-3-7(10(15)16)8(13)4-6/h2-5,13H,1H3,(H,12,14)(H,15,16). The van der Waals surface area contributed by atoms with Crippen LogP contribution in [0.25, 0.3) is 0 Å². The second kappa shape index (κ2) is 5.15. The van der Waals surface area contributed by atoms with Gasteiger partial charge in [-0.05, 0) is 19.1 Å². The normalized spacial score (nSPS) is 11.9. The van der Waals surface area contributed by atoms with Gasteiger partial charge in [0.05, 0.1) is 3.92 Å². The average Bonchev–Trinajstić information content (AvgIpc) is 2.16. The summed E-state index contributed by atoms with van der Waals surface area (Å²) in [5.41, 5.74) is 0.177. The molecule has 6 heteroatoms. The molecule has 86 valence electrons. The molecule has 1 atom stereocenters. The minimum atomic E-state index is -1.21. The fraction of sp³-hybridized carbons (Fsp3) is 0.200. The van der Waals surface area contributed by atoms with Gasteiger partial charge in [-0.25, -0.2) is 4.79 Å². The number of anilines is 1. The van der Waals surface area contributed by atoms with E-state index < -0.39 is 5.97 Å². The number of aromatic hydroxyl groups is 1. The number of rotatable bonds is 3. The van der Waals surface area contributed by atoms with Gasteiger partial charge in [-0.1, -0.05) is 22.6 Å². The Labute approximate surface area is 106 Å². The summed E-state index contributed by atoms with van der Waals surface area (Å²) in [5, 5.41) is 20.6. The summed E-state index contributed by atoms with van der Waals surface area (Å²) in [7, 11) is 0. The lowest BCUT2D eigenvalue weighted by Crippen LogP contribution is -2.19. The number of hydrogen-bond acceptors (Lipinski definition) is 3. The molecule has 0 fully saturated rings. The summed E-state index contributed by atoms with van der Waals surface area (Å²) in [4.78, 5) is 21.9. The van der Waals surface area contributed by atoms with E-state index in [0.717, 1.165) is 0 Å². The van der Waals surface area contributed by atoms with E-state index >= 15 is 0 Å². The van der Waals surface area contributed by atoms with Crippen molar-refractivity contribution in [3.8, 4) is 5.75 Å². The number of carbonyl (C=O) groups is 2. The molecule has 0 saturated carbocycles. The van der Waals surface area contributed by atoms with E-state index in [2.05, 4.69) is 5.32 Å². The first-order valence-electron chi connectivity index (χ1n) is 4.43. The molecule has 0 heterocycles. The number of phenols is 1. The Morgan fingerprint density at radius 1 is 1.44 bits per heavy atom. The number of alkyl halides is 1. The van der Waals surface area contributed by atoms with Crippen LogP contribution >= 0.6 is 22.6 Å². The number of carbonyl (C=O) groups excluding carboxylic acids is 1. The smallest absolute Gasteiger partial charge is 0.339 e. The minimum Gasteiger partial charge on any atom is -0.507 e. The molecular weight excluding hydrogens is 325 g/mol. The number of benzene rings is 1. The van der Waals surface area contributed by atoms with Crippen LogP contribution in [0.5, 0.6) is 5.75 Å². The van der Waals surface area contributed by atoms with E-state index in [1.165, 1.54) is 18.2 Å². The molecule has 3 N–H and O–H groups in total. The van der Waals surface area contributed by atoms with Crippen molar-refractivity contribution in [2.45, 2.75) is 10.8 Å². The molecule has 0 aromatic heterocycles. The fourth-order valence-corrected chi connectivity index (χ4v) is 1.19. The third kappa shape index (κ3) is 3.09. The van der Waals surface area contributed by atoms with Gasteiger partial charge < -0.3 is 15.5 Å². The highest BCUT2D eigenvalue weighted by atomic mass is 127. The van der Waals surface area contributed by atoms with Gasteiger partial charge in [0.15, 0.2) is 0 Å². The number of nitrogens with one attached hydrogen (secondary N) is 1. The lowest BCUT2D eigenvalue weighted by atomic mass is 10.2. The molecule has 1 aromatic rings. The first-order chi connectivity index (χ1) is 7.41. The third-order valence-electron chi connectivity index (χ3n) is 1.86. The molecule has 0 saturated heterocycles. The van der Waals surface area contributed by atoms with Gasteiger partial charge in [-0.15, -0.1) is 0 Å². The maximum absolute atomic E-state index is 11.3. The maximum Gasteiger partial charge on any atom is 0.339 e. The van der Waals surface area contributed by atoms with Crippen molar-refractivity contribution in [2.24, 2.45) is 0 Å². The second-order valence-corrected chi connectivity index (χ2v) is 5.01. The number of aromatic carboxylic acids is 1. The van der Waals surface area contributed by atoms with Crippen LogP contribution in [0, 0.1) is 0 Å². The van der Waals surface area contributed by atoms with Crippen LogP contribution in [0.4, 0.5) is 5.69 Å². The zero-order valence-electron chi connectivity index (χ0n) is 8.40. The Balaban J connectivity index is 2.90. The van der Waals surface area contributed by atoms with Crippen LogP contribution < -0.4 is 5.32 Å². The molecule has 0 spiro atoms. The monoisotopic (exact) mass is 335 g/mol. The van der Waals surface area contributed by atoms with Crippen LogP contribution in [0.1, 0.15) is 17.3 Å². The maximum atomic E-state index is 11.3. The molecule has 1 aromatic carbocycles. The zero-order valence-corrected chi connectivity index (χ0v) is 10.6. The number of amides is 1. The molecule has 0 aliphatic carbocycles. The zero-order chi connectivity index (χ0) is 12.3. The van der Waals surface area contributed by atoms with E-state index in [9.17, 15) is 14.7 Å². The number of hydrogen-bond donors (Lipinski definition) is 3. The van der Waals surface area contributed by atoms with Gasteiger partial charge >= 0.3 is 5.97 Å². The Hall–Kier alpha value is -1.31. The van der Waals surface area contributed by atoms with Crippen molar-refractivity contribution in [1.29, 1.82) is 0 Å². The Kier molecular flexibility index (Phi) is 4.11. The van der Waals surface area contributed by atoms with Crippen LogP contribution in [0.3, 0.4) is 0 Å². The van der Waals surface area contributed by atoms with Gasteiger partial charge in [0, 0.05) is 11.8 Å². The van der Waals surface area contributed by atoms with Crippen LogP contribution in [0.15, 0.2) is 18.2 Å². The Morgan fingerprint density at radius 3 is 2.50 bits per heavy atom. The highest BCUT2D eigenvalue weighted by Gasteiger charge is 2.12. The van der Waals surface area contributed by atoms with E-state index in [1.54, 1.807) is 6.92 Å². The van der Waals surface area contributed by atoms with Gasteiger partial charge in [0.25, 0.3) is 0 Å². The highest BCUT2D eigenvalue weighted by Crippen LogP contribution is 2.22. The van der Waals surface area contributed by atoms with Crippen molar-refractivity contribution in [3.05, 3.63) is 23.8 Å². The van der Waals surface area contributed by atoms with E-state index in [-0.39, 0.29) is 21.1 Å². The van der Waals surface area contributed by atoms with Gasteiger partial charge in [0.2, 0.25) is 5.91 Å². The lowest BCUT2D eigenvalue weighted by Gasteiger charge is -2.08. The largest absolute Gasteiger partial charge is 0.507 e. The average molecular weight is 335 g/mol. The van der Waals surface area contributed by atoms with E-state index in [0.29, 0.717) is 5.69 Å². The summed E-state index contributed by atoms with van der Waals surface area (Å²) in [6.45, 7) is 1.72. The molecular formula is C10H10INO4. The summed E-state index contributed by atoms with van der Waals surface area (Å²) in [6, 6.07) is 3.88. The van der Waals surface area contributed by atoms with Gasteiger partial charge in [0.1, 0.15) is 11.3 Å². The predicted octanol–water partition coefficient (Wildman–Crippen LogP) is 1.85. The first-order valence-corrected chi connectivity index (χ1v) is 5.67. The van der Waals surface area contributed by atoms with Crippen molar-refractivity contribution < 1.29 is 19.8 Å². The highest BCUT2D eigenvalue weighted by molar-refractivity contribution is 14.1. The Morgan fingerprint density at radius 2 is 2.06 bits per heavy atom. The van der Waals surface area contributed by atoms with Crippen molar-refractivity contribution in [2.75, 3.05) is 5.32 Å². The van der Waals surface area contributed by atoms with Crippen molar-refractivity contribution in [1.82, 2.24) is 0 Å². The second-order valence-electron chi connectivity index (χ2n) is 3.14. The number of carboxylic acid groups (broad SMARTS) is 1. The molecule has 0 aliphatic heterocycles. The summed E-state index contributed by atoms with van der Waals surface area (Å²) in [5.74, 6) is -1.79. The lowest BCUT2D eigenvalue weighted by molar-refractivity contribution is -0.115. The first kappa shape index (κ1) is 12.8. The molecule has 0 bridgehead atoms. The van der Waals surface area contributed by atoms with Gasteiger partial charge in [-0.3, -0.25) is 4.79 Å². The van der Waals surface area contributed by atoms with Crippen molar-refractivity contribution in [3.63, 3.8) is 0 Å². The number of carboxylic acids is 1. The topological polar surface area (TPSA) is 86.6 Å². The summed E-state index contributed by atoms with van der Waals surface area (Å²) < 4.78 is -0.209.